The van der Waals surface area contributed by atoms with Crippen molar-refractivity contribution in [2.45, 2.75) is 6.11 Å². The summed E-state index contributed by atoms with van der Waals surface area (Å²) in [7, 11) is 1.15. The molecule has 0 bridgehead atoms. The number of alkyl halides is 2. The minimum Gasteiger partial charge on any atom is -0.493 e. The monoisotopic (exact) mass is 277 g/mol. The van der Waals surface area contributed by atoms with Crippen LogP contribution in [0.2, 0.25) is 0 Å². The average molecular weight is 277 g/mol. The molecular weight excluding hydrogens is 268 g/mol. The van der Waals surface area contributed by atoms with E-state index < -0.39 is 28.4 Å². The fourth-order valence-corrected chi connectivity index (χ4v) is 1.13. The fraction of sp³-hybridized carbons (Fsp3) is 0.222. The van der Waals surface area contributed by atoms with E-state index in [1.54, 1.807) is 0 Å². The van der Waals surface area contributed by atoms with Crippen LogP contribution in [-0.4, -0.2) is 24.0 Å². The van der Waals surface area contributed by atoms with E-state index in [1.807, 2.05) is 0 Å². The molecule has 0 saturated carbocycles. The first kappa shape index (κ1) is 14.6. The number of methoxy groups -OCH3 is 1. The van der Waals surface area contributed by atoms with Gasteiger partial charge < -0.3 is 9.47 Å². The molecule has 1 aromatic rings. The number of ether oxygens (including phenoxy) is 2. The van der Waals surface area contributed by atoms with Crippen molar-refractivity contribution >= 4 is 11.6 Å². The van der Waals surface area contributed by atoms with Gasteiger partial charge in [0, 0.05) is 6.07 Å². The van der Waals surface area contributed by atoms with Crippen molar-refractivity contribution in [1.29, 1.82) is 0 Å². The van der Waals surface area contributed by atoms with E-state index in [1.165, 1.54) is 5.43 Å². The lowest BCUT2D eigenvalue weighted by atomic mass is 10.3. The SMILES string of the molecule is COc1ccc([N+](=O)[O-])cc1OC(F)(F)C(=O)NN. The minimum absolute atomic E-state index is 0.199. The smallest absolute Gasteiger partial charge is 0.483 e. The first-order chi connectivity index (χ1) is 8.81. The van der Waals surface area contributed by atoms with Crippen molar-refractivity contribution < 1.29 is 28.0 Å². The third-order valence-electron chi connectivity index (χ3n) is 1.99. The van der Waals surface area contributed by atoms with Crippen molar-refractivity contribution in [3.8, 4) is 11.5 Å². The molecule has 0 spiro atoms. The van der Waals surface area contributed by atoms with Crippen LogP contribution < -0.4 is 20.7 Å². The van der Waals surface area contributed by atoms with Gasteiger partial charge in [-0.15, -0.1) is 0 Å². The molecule has 1 aromatic carbocycles. The number of hydrogen-bond donors (Lipinski definition) is 2. The Bertz CT molecular complexity index is 509. The first-order valence-electron chi connectivity index (χ1n) is 4.72. The van der Waals surface area contributed by atoms with Crippen LogP contribution in [-0.2, 0) is 4.79 Å². The van der Waals surface area contributed by atoms with Gasteiger partial charge in [0.15, 0.2) is 11.5 Å². The Labute approximate surface area is 105 Å². The summed E-state index contributed by atoms with van der Waals surface area (Å²) in [5.74, 6) is 1.80. The summed E-state index contributed by atoms with van der Waals surface area (Å²) in [6.07, 6.45) is -4.29. The van der Waals surface area contributed by atoms with Crippen LogP contribution in [0.1, 0.15) is 0 Å². The molecule has 0 unspecified atom stereocenters. The van der Waals surface area contributed by atoms with E-state index in [0.717, 1.165) is 19.2 Å². The largest absolute Gasteiger partial charge is 0.493 e. The van der Waals surface area contributed by atoms with E-state index in [9.17, 15) is 23.7 Å². The number of benzene rings is 1. The standard InChI is InChI=1S/C9H9F2N3O5/c1-18-6-3-2-5(14(16)17)4-7(6)19-9(10,11)8(15)13-12/h2-4H,12H2,1H3,(H,13,15). The van der Waals surface area contributed by atoms with Crippen molar-refractivity contribution in [1.82, 2.24) is 5.43 Å². The molecule has 0 aliphatic carbocycles. The van der Waals surface area contributed by atoms with Gasteiger partial charge in [-0.1, -0.05) is 0 Å². The maximum absolute atomic E-state index is 13.2. The van der Waals surface area contributed by atoms with E-state index in [2.05, 4.69) is 10.6 Å². The zero-order valence-corrected chi connectivity index (χ0v) is 9.55. The molecular formula is C9H9F2N3O5. The second-order valence-corrected chi connectivity index (χ2v) is 3.18. The fourth-order valence-electron chi connectivity index (χ4n) is 1.13. The van der Waals surface area contributed by atoms with Gasteiger partial charge in [0.25, 0.3) is 5.69 Å². The van der Waals surface area contributed by atoms with Crippen molar-refractivity contribution in [3.05, 3.63) is 28.3 Å². The molecule has 0 aliphatic heterocycles. The Morgan fingerprint density at radius 1 is 1.47 bits per heavy atom. The highest BCUT2D eigenvalue weighted by molar-refractivity contribution is 5.81. The maximum Gasteiger partial charge on any atom is 0.483 e. The predicted molar refractivity (Wildman–Crippen MR) is 57.6 cm³/mol. The number of rotatable bonds is 5. The van der Waals surface area contributed by atoms with Gasteiger partial charge in [-0.25, -0.2) is 5.84 Å². The number of amides is 1. The first-order valence-corrected chi connectivity index (χ1v) is 4.72. The number of hydrogen-bond acceptors (Lipinski definition) is 6. The van der Waals surface area contributed by atoms with Crippen molar-refractivity contribution in [2.75, 3.05) is 7.11 Å². The lowest BCUT2D eigenvalue weighted by Crippen LogP contribution is -2.47. The quantitative estimate of drug-likeness (QED) is 0.351. The summed E-state index contributed by atoms with van der Waals surface area (Å²) in [6, 6.07) is 2.80. The van der Waals surface area contributed by atoms with Gasteiger partial charge in [0.2, 0.25) is 0 Å². The van der Waals surface area contributed by atoms with Gasteiger partial charge in [-0.3, -0.25) is 20.3 Å². The number of nitrogens with one attached hydrogen (secondary N) is 1. The number of carbonyl (C=O) groups is 1. The van der Waals surface area contributed by atoms with Crippen LogP contribution in [0.15, 0.2) is 18.2 Å². The molecule has 0 atom stereocenters. The van der Waals surface area contributed by atoms with Crippen molar-refractivity contribution in [3.63, 3.8) is 0 Å². The molecule has 1 rings (SSSR count). The normalized spacial score (nSPS) is 10.7. The van der Waals surface area contributed by atoms with E-state index in [-0.39, 0.29) is 5.75 Å². The van der Waals surface area contributed by atoms with Gasteiger partial charge in [0.1, 0.15) is 0 Å². The Hall–Kier alpha value is -2.49. The Balaban J connectivity index is 3.14. The van der Waals surface area contributed by atoms with Crippen LogP contribution in [0.3, 0.4) is 0 Å². The lowest BCUT2D eigenvalue weighted by Gasteiger charge is -2.17. The minimum atomic E-state index is -4.29. The van der Waals surface area contributed by atoms with E-state index in [0.29, 0.717) is 6.07 Å². The van der Waals surface area contributed by atoms with Crippen LogP contribution >= 0.6 is 0 Å². The third kappa shape index (κ3) is 3.25. The second-order valence-electron chi connectivity index (χ2n) is 3.18. The van der Waals surface area contributed by atoms with Crippen LogP contribution in [0.5, 0.6) is 11.5 Å². The van der Waals surface area contributed by atoms with Gasteiger partial charge >= 0.3 is 12.0 Å². The molecule has 0 fully saturated rings. The average Bonchev–Trinajstić information content (AvgIpc) is 2.36. The molecule has 10 heteroatoms. The number of hydrazine groups is 1. The molecule has 104 valence electrons. The Morgan fingerprint density at radius 2 is 2.11 bits per heavy atom. The molecule has 19 heavy (non-hydrogen) atoms. The zero-order chi connectivity index (χ0) is 14.6. The second kappa shape index (κ2) is 5.44. The molecule has 0 radical (unpaired) electrons. The zero-order valence-electron chi connectivity index (χ0n) is 9.55. The highest BCUT2D eigenvalue weighted by atomic mass is 19.3. The molecule has 3 N–H and O–H groups in total. The number of nitrogens with two attached hydrogens (primary N) is 1. The summed E-state index contributed by atoms with van der Waals surface area (Å²) in [5.41, 5.74) is 0.711. The highest BCUT2D eigenvalue weighted by Crippen LogP contribution is 2.34. The highest BCUT2D eigenvalue weighted by Gasteiger charge is 2.42. The van der Waals surface area contributed by atoms with E-state index in [4.69, 9.17) is 4.74 Å². The lowest BCUT2D eigenvalue weighted by molar-refractivity contribution is -0.385. The summed E-state index contributed by atoms with van der Waals surface area (Å²) >= 11 is 0. The molecule has 0 saturated heterocycles. The van der Waals surface area contributed by atoms with Gasteiger partial charge in [-0.05, 0) is 6.07 Å². The predicted octanol–water partition coefficient (Wildman–Crippen LogP) is 0.565. The molecule has 0 aromatic heterocycles. The Morgan fingerprint density at radius 3 is 2.58 bits per heavy atom. The molecule has 0 heterocycles. The Kier molecular flexibility index (Phi) is 4.17. The van der Waals surface area contributed by atoms with Gasteiger partial charge in [0.05, 0.1) is 18.1 Å². The van der Waals surface area contributed by atoms with E-state index >= 15 is 0 Å². The van der Waals surface area contributed by atoms with Crippen LogP contribution in [0, 0.1) is 10.1 Å². The number of nitro groups is 1. The maximum atomic E-state index is 13.2. The number of non-ortho nitro benzene ring substituents is 1. The summed E-state index contributed by atoms with van der Waals surface area (Å²) in [5, 5.41) is 10.5. The topological polar surface area (TPSA) is 117 Å². The number of nitro benzene ring substituents is 1. The number of nitrogens with zero attached hydrogens (tertiary/aromatic N) is 1. The van der Waals surface area contributed by atoms with Crippen LogP contribution in [0.25, 0.3) is 0 Å². The number of halogens is 2. The van der Waals surface area contributed by atoms with Crippen LogP contribution in [0.4, 0.5) is 14.5 Å². The third-order valence-corrected chi connectivity index (χ3v) is 1.99. The number of carbonyl (C=O) groups excluding carboxylic acids is 1. The summed E-state index contributed by atoms with van der Waals surface area (Å²) < 4.78 is 35.2. The van der Waals surface area contributed by atoms with Crippen molar-refractivity contribution in [2.24, 2.45) is 5.84 Å². The summed E-state index contributed by atoms with van der Waals surface area (Å²) in [6.45, 7) is 0. The van der Waals surface area contributed by atoms with Gasteiger partial charge in [-0.2, -0.15) is 8.78 Å². The molecule has 0 aliphatic rings. The molecule has 1 amide bonds. The molecule has 8 nitrogen and oxygen atoms in total. The summed E-state index contributed by atoms with van der Waals surface area (Å²) in [4.78, 5) is 20.5.